The van der Waals surface area contributed by atoms with Crippen LogP contribution in [0.5, 0.6) is 0 Å². The Bertz CT molecular complexity index is 1130. The molecule has 2 fully saturated rings. The van der Waals surface area contributed by atoms with Crippen LogP contribution in [0.4, 0.5) is 4.39 Å². The molecule has 6 nitrogen and oxygen atoms in total. The molecule has 4 atom stereocenters. The minimum atomic E-state index is -0.529. The summed E-state index contributed by atoms with van der Waals surface area (Å²) in [6.45, 7) is 12.7. The lowest BCUT2D eigenvalue weighted by Crippen LogP contribution is -2.41. The van der Waals surface area contributed by atoms with Crippen LogP contribution in [-0.2, 0) is 23.5 Å². The molecular formula is C29H39BFNO5. The molecule has 8 heteroatoms. The zero-order valence-electron chi connectivity index (χ0n) is 23.1. The molecule has 0 bridgehead atoms. The van der Waals surface area contributed by atoms with Crippen LogP contribution in [0.2, 0.25) is 0 Å². The average molecular weight is 511 g/mol. The molecule has 0 spiro atoms. The van der Waals surface area contributed by atoms with Crippen molar-refractivity contribution in [2.45, 2.75) is 84.5 Å². The van der Waals surface area contributed by atoms with Crippen LogP contribution in [0.1, 0.15) is 67.2 Å². The summed E-state index contributed by atoms with van der Waals surface area (Å²) in [5, 5.41) is 7.92. The van der Waals surface area contributed by atoms with E-state index in [9.17, 15) is 0 Å². The molecule has 0 radical (unpaired) electrons. The van der Waals surface area contributed by atoms with E-state index in [1.54, 1.807) is 0 Å². The van der Waals surface area contributed by atoms with Gasteiger partial charge in [-0.1, -0.05) is 13.0 Å². The summed E-state index contributed by atoms with van der Waals surface area (Å²) in [7, 11) is 1.00. The van der Waals surface area contributed by atoms with Gasteiger partial charge in [-0.3, -0.25) is 5.41 Å². The third-order valence-electron chi connectivity index (χ3n) is 8.95. The third-order valence-corrected chi connectivity index (χ3v) is 8.95. The van der Waals surface area contributed by atoms with E-state index >= 15 is 4.39 Å². The fourth-order valence-electron chi connectivity index (χ4n) is 6.11. The quantitative estimate of drug-likeness (QED) is 0.264. The van der Waals surface area contributed by atoms with Gasteiger partial charge < -0.3 is 23.5 Å². The number of rotatable bonds is 5. The highest BCUT2D eigenvalue weighted by Gasteiger charge is 2.54. The molecule has 0 aromatic carbocycles. The first-order chi connectivity index (χ1) is 17.4. The lowest BCUT2D eigenvalue weighted by Gasteiger charge is -2.32. The molecule has 2 aliphatic heterocycles. The van der Waals surface area contributed by atoms with Crippen LogP contribution in [0.25, 0.3) is 0 Å². The van der Waals surface area contributed by atoms with E-state index in [1.807, 2.05) is 40.7 Å². The van der Waals surface area contributed by atoms with Gasteiger partial charge in [0.2, 0.25) is 0 Å². The van der Waals surface area contributed by atoms with Gasteiger partial charge in [0, 0.05) is 29.9 Å². The summed E-state index contributed by atoms with van der Waals surface area (Å²) < 4.78 is 46.1. The summed E-state index contributed by atoms with van der Waals surface area (Å²) >= 11 is 0. The first-order valence-corrected chi connectivity index (χ1v) is 13.4. The maximum absolute atomic E-state index is 15.8. The lowest BCUT2D eigenvalue weighted by atomic mass is 9.72. The van der Waals surface area contributed by atoms with Gasteiger partial charge in [-0.15, -0.1) is 0 Å². The topological polar surface area (TPSA) is 70.0 Å². The normalized spacial score (nSPS) is 32.2. The Kier molecular flexibility index (Phi) is 6.72. The molecule has 0 saturated carbocycles. The predicted octanol–water partition coefficient (Wildman–Crippen LogP) is 6.36. The van der Waals surface area contributed by atoms with E-state index in [2.05, 4.69) is 19.1 Å². The van der Waals surface area contributed by atoms with Gasteiger partial charge in [-0.25, -0.2) is 4.39 Å². The van der Waals surface area contributed by atoms with Crippen molar-refractivity contribution >= 4 is 13.0 Å². The number of nitrogens with one attached hydrogen (secondary N) is 1. The molecule has 1 N–H and O–H groups in total. The van der Waals surface area contributed by atoms with Crippen molar-refractivity contribution in [3.05, 3.63) is 57.8 Å². The van der Waals surface area contributed by atoms with E-state index in [4.69, 9.17) is 28.9 Å². The molecule has 5 rings (SSSR count). The lowest BCUT2D eigenvalue weighted by molar-refractivity contribution is 0.00578. The summed E-state index contributed by atoms with van der Waals surface area (Å²) in [6.07, 6.45) is 8.21. The van der Waals surface area contributed by atoms with Crippen LogP contribution in [0.3, 0.4) is 0 Å². The van der Waals surface area contributed by atoms with Crippen molar-refractivity contribution in [1.82, 2.24) is 0 Å². The van der Waals surface area contributed by atoms with Crippen LogP contribution in [0, 0.1) is 23.2 Å². The highest BCUT2D eigenvalue weighted by molar-refractivity contribution is 6.56. The molecule has 4 unspecified atom stereocenters. The van der Waals surface area contributed by atoms with Gasteiger partial charge in [0.25, 0.3) is 0 Å². The summed E-state index contributed by atoms with van der Waals surface area (Å²) in [6, 6.07) is 0. The van der Waals surface area contributed by atoms with E-state index in [0.717, 1.165) is 22.6 Å². The smallest absolute Gasteiger partial charge is 0.494 e. The van der Waals surface area contributed by atoms with Crippen LogP contribution >= 0.6 is 0 Å². The number of fused-ring (bicyclic) bond motifs is 1. The summed E-state index contributed by atoms with van der Waals surface area (Å²) in [5.41, 5.74) is 2.27. The van der Waals surface area contributed by atoms with E-state index in [1.165, 1.54) is 7.11 Å². The van der Waals surface area contributed by atoms with Crippen molar-refractivity contribution in [2.24, 2.45) is 17.8 Å². The maximum Gasteiger partial charge on any atom is 0.494 e. The number of hydrogen-bond donors (Lipinski definition) is 1. The average Bonchev–Trinajstić information content (AvgIpc) is 3.45. The Balaban J connectivity index is 1.39. The number of halogens is 1. The second-order valence-corrected chi connectivity index (χ2v) is 12.0. The van der Waals surface area contributed by atoms with Crippen LogP contribution in [-0.4, -0.2) is 44.0 Å². The molecule has 2 heterocycles. The Morgan fingerprint density at radius 3 is 2.59 bits per heavy atom. The maximum atomic E-state index is 15.8. The van der Waals surface area contributed by atoms with Gasteiger partial charge in [0.1, 0.15) is 23.4 Å². The molecule has 2 saturated heterocycles. The zero-order chi connectivity index (χ0) is 26.7. The van der Waals surface area contributed by atoms with Crippen molar-refractivity contribution in [1.29, 1.82) is 5.41 Å². The molecular weight excluding hydrogens is 472 g/mol. The highest BCUT2D eigenvalue weighted by atomic mass is 19.1. The van der Waals surface area contributed by atoms with Crippen molar-refractivity contribution in [3.8, 4) is 0 Å². The zero-order valence-corrected chi connectivity index (χ0v) is 23.1. The molecule has 0 amide bonds. The standard InChI is InChI=1S/C29H39BFNO5/c1-16-8-10-21(30-36-28(3,4)29(5,6)37-30)20-9-11-22(26(20)27(16)31)35-19-12-17(2)25-18(13-24(32)33-7)15-34-23(25)14-19/h10,12,14,17-18,22,25,32H,8-9,11,13,15H2,1-7H3. The van der Waals surface area contributed by atoms with Crippen molar-refractivity contribution in [2.75, 3.05) is 13.7 Å². The van der Waals surface area contributed by atoms with Crippen LogP contribution in [0.15, 0.2) is 57.8 Å². The molecule has 0 aromatic heterocycles. The molecule has 0 aromatic rings. The van der Waals surface area contributed by atoms with Gasteiger partial charge >= 0.3 is 7.12 Å². The van der Waals surface area contributed by atoms with Crippen LogP contribution < -0.4 is 0 Å². The van der Waals surface area contributed by atoms with Gasteiger partial charge in [0.15, 0.2) is 5.90 Å². The third kappa shape index (κ3) is 4.61. The largest absolute Gasteiger partial charge is 0.497 e. The Hall–Kier alpha value is -2.32. The van der Waals surface area contributed by atoms with E-state index in [-0.39, 0.29) is 35.6 Å². The molecule has 37 heavy (non-hydrogen) atoms. The number of methoxy groups -OCH3 is 1. The second kappa shape index (κ2) is 9.46. The number of hydrogen-bond acceptors (Lipinski definition) is 6. The molecule has 5 aliphatic rings. The Morgan fingerprint density at radius 1 is 1.22 bits per heavy atom. The number of allylic oxidation sites excluding steroid dienone is 7. The fraction of sp³-hybridized carbons (Fsp3) is 0.621. The summed E-state index contributed by atoms with van der Waals surface area (Å²) in [4.78, 5) is 0. The van der Waals surface area contributed by atoms with Crippen molar-refractivity contribution < 1.29 is 27.9 Å². The second-order valence-electron chi connectivity index (χ2n) is 12.0. The predicted molar refractivity (Wildman–Crippen MR) is 141 cm³/mol. The number of ether oxygens (including phenoxy) is 3. The molecule has 3 aliphatic carbocycles. The van der Waals surface area contributed by atoms with Gasteiger partial charge in [-0.2, -0.15) is 0 Å². The van der Waals surface area contributed by atoms with Gasteiger partial charge in [-0.05, 0) is 82.5 Å². The fourth-order valence-corrected chi connectivity index (χ4v) is 6.11. The minimum absolute atomic E-state index is 0.175. The first kappa shape index (κ1) is 26.3. The summed E-state index contributed by atoms with van der Waals surface area (Å²) in [5.74, 6) is 2.27. The monoisotopic (exact) mass is 511 g/mol. The first-order valence-electron chi connectivity index (χ1n) is 13.4. The minimum Gasteiger partial charge on any atom is -0.497 e. The highest BCUT2D eigenvalue weighted by Crippen LogP contribution is 2.48. The Morgan fingerprint density at radius 2 is 1.92 bits per heavy atom. The van der Waals surface area contributed by atoms with Crippen molar-refractivity contribution in [3.63, 3.8) is 0 Å². The van der Waals surface area contributed by atoms with Gasteiger partial charge in [0.05, 0.1) is 24.9 Å². The SMILES string of the molecule is COC(=N)CC1COC2=CC(OC3CCC4=C3C(F)=C(C)CC=C4B3OC(C)(C)C(C)(C)O3)=CC(C)C21. The van der Waals surface area contributed by atoms with E-state index in [0.29, 0.717) is 43.4 Å². The molecule has 200 valence electrons. The van der Waals surface area contributed by atoms with E-state index < -0.39 is 18.3 Å². The Labute approximate surface area is 220 Å².